The molecular formula is C12H14BrN5. The second-order valence-electron chi connectivity index (χ2n) is 4.45. The van der Waals surface area contributed by atoms with E-state index in [0.717, 1.165) is 29.9 Å². The Bertz CT molecular complexity index is 496. The van der Waals surface area contributed by atoms with Crippen LogP contribution in [0.5, 0.6) is 0 Å². The summed E-state index contributed by atoms with van der Waals surface area (Å²) in [5, 5.41) is 0. The molecule has 0 spiro atoms. The van der Waals surface area contributed by atoms with E-state index < -0.39 is 0 Å². The molecule has 0 aromatic carbocycles. The largest absolute Gasteiger partial charge is 0.339 e. The van der Waals surface area contributed by atoms with E-state index >= 15 is 0 Å². The zero-order chi connectivity index (χ0) is 12.4. The maximum Gasteiger partial charge on any atom is 0.225 e. The van der Waals surface area contributed by atoms with Crippen LogP contribution in [0.4, 0.5) is 5.95 Å². The van der Waals surface area contributed by atoms with E-state index in [2.05, 4.69) is 40.3 Å². The topological polar surface area (TPSA) is 46.8 Å². The Morgan fingerprint density at radius 1 is 1.28 bits per heavy atom. The highest BCUT2D eigenvalue weighted by Crippen LogP contribution is 2.24. The molecule has 1 fully saturated rings. The predicted molar refractivity (Wildman–Crippen MR) is 72.4 cm³/mol. The van der Waals surface area contributed by atoms with Gasteiger partial charge in [0.15, 0.2) is 0 Å². The van der Waals surface area contributed by atoms with Crippen LogP contribution in [0.15, 0.2) is 35.6 Å². The quantitative estimate of drug-likeness (QED) is 0.854. The Hall–Kier alpha value is -1.43. The third kappa shape index (κ3) is 2.38. The average molecular weight is 308 g/mol. The lowest BCUT2D eigenvalue weighted by molar-refractivity contribution is 0.401. The summed E-state index contributed by atoms with van der Waals surface area (Å²) < 4.78 is 3.08. The maximum absolute atomic E-state index is 4.36. The van der Waals surface area contributed by atoms with Crippen molar-refractivity contribution in [2.24, 2.45) is 0 Å². The third-order valence-corrected chi connectivity index (χ3v) is 3.64. The first-order chi connectivity index (χ1) is 8.83. The number of hydrogen-bond donors (Lipinski definition) is 0. The van der Waals surface area contributed by atoms with Gasteiger partial charge in [0.25, 0.3) is 0 Å². The number of piperidine rings is 1. The second-order valence-corrected chi connectivity index (χ2v) is 5.37. The average Bonchev–Trinajstić information content (AvgIpc) is 2.94. The maximum atomic E-state index is 4.36. The van der Waals surface area contributed by atoms with Crippen molar-refractivity contribution in [3.63, 3.8) is 0 Å². The highest BCUT2D eigenvalue weighted by molar-refractivity contribution is 9.10. The van der Waals surface area contributed by atoms with E-state index in [1.165, 1.54) is 6.42 Å². The van der Waals surface area contributed by atoms with Crippen LogP contribution < -0.4 is 4.90 Å². The Labute approximate surface area is 114 Å². The second kappa shape index (κ2) is 5.06. The third-order valence-electron chi connectivity index (χ3n) is 3.23. The van der Waals surface area contributed by atoms with Crippen molar-refractivity contribution in [2.45, 2.75) is 18.9 Å². The molecule has 0 N–H and O–H groups in total. The zero-order valence-electron chi connectivity index (χ0n) is 9.91. The molecule has 0 aliphatic carbocycles. The van der Waals surface area contributed by atoms with Gasteiger partial charge in [0.05, 0.1) is 16.8 Å². The van der Waals surface area contributed by atoms with Crippen LogP contribution in [-0.4, -0.2) is 32.6 Å². The van der Waals surface area contributed by atoms with Gasteiger partial charge in [-0.05, 0) is 28.8 Å². The van der Waals surface area contributed by atoms with Crippen molar-refractivity contribution in [2.75, 3.05) is 18.0 Å². The zero-order valence-corrected chi connectivity index (χ0v) is 11.5. The Kier molecular flexibility index (Phi) is 3.27. The summed E-state index contributed by atoms with van der Waals surface area (Å²) in [6.45, 7) is 1.96. The molecule has 0 radical (unpaired) electrons. The molecular weight excluding hydrogens is 294 g/mol. The Morgan fingerprint density at radius 3 is 2.83 bits per heavy atom. The Balaban J connectivity index is 1.76. The van der Waals surface area contributed by atoms with Crippen molar-refractivity contribution in [3.05, 3.63) is 35.6 Å². The van der Waals surface area contributed by atoms with Gasteiger partial charge in [-0.15, -0.1) is 0 Å². The van der Waals surface area contributed by atoms with E-state index in [-0.39, 0.29) is 0 Å². The van der Waals surface area contributed by atoms with Crippen LogP contribution in [0.3, 0.4) is 0 Å². The first-order valence-corrected chi connectivity index (χ1v) is 6.82. The number of imidazole rings is 1. The molecule has 1 aliphatic rings. The van der Waals surface area contributed by atoms with Crippen molar-refractivity contribution in [1.82, 2.24) is 19.5 Å². The minimum Gasteiger partial charge on any atom is -0.339 e. The van der Waals surface area contributed by atoms with Crippen molar-refractivity contribution >= 4 is 21.9 Å². The van der Waals surface area contributed by atoms with Gasteiger partial charge in [-0.2, -0.15) is 0 Å². The van der Waals surface area contributed by atoms with E-state index in [1.807, 2.05) is 18.7 Å². The van der Waals surface area contributed by atoms with E-state index in [1.54, 1.807) is 12.4 Å². The van der Waals surface area contributed by atoms with Gasteiger partial charge >= 0.3 is 0 Å². The number of hydrogen-bond acceptors (Lipinski definition) is 4. The lowest BCUT2D eigenvalue weighted by Crippen LogP contribution is -2.37. The summed E-state index contributed by atoms with van der Waals surface area (Å²) in [4.78, 5) is 15.1. The summed E-state index contributed by atoms with van der Waals surface area (Å²) in [7, 11) is 0. The molecule has 2 aromatic rings. The van der Waals surface area contributed by atoms with Crippen LogP contribution >= 0.6 is 15.9 Å². The van der Waals surface area contributed by atoms with Crippen molar-refractivity contribution in [1.29, 1.82) is 0 Å². The number of aromatic nitrogens is 4. The smallest absolute Gasteiger partial charge is 0.225 e. The van der Waals surface area contributed by atoms with Crippen molar-refractivity contribution in [3.8, 4) is 0 Å². The molecule has 6 heteroatoms. The summed E-state index contributed by atoms with van der Waals surface area (Å²) in [5.74, 6) is 0.808. The van der Waals surface area contributed by atoms with Crippen LogP contribution in [0, 0.1) is 0 Å². The molecule has 1 atom stereocenters. The van der Waals surface area contributed by atoms with Crippen LogP contribution in [0.1, 0.15) is 18.9 Å². The minimum atomic E-state index is 0.466. The highest BCUT2D eigenvalue weighted by Gasteiger charge is 2.22. The molecule has 0 saturated carbocycles. The summed E-state index contributed by atoms with van der Waals surface area (Å²) in [6.07, 6.45) is 11.7. The van der Waals surface area contributed by atoms with Gasteiger partial charge in [-0.1, -0.05) is 0 Å². The fourth-order valence-electron chi connectivity index (χ4n) is 2.33. The van der Waals surface area contributed by atoms with Crippen LogP contribution in [0.2, 0.25) is 0 Å². The fourth-order valence-corrected chi connectivity index (χ4v) is 2.54. The molecule has 1 unspecified atom stereocenters. The van der Waals surface area contributed by atoms with E-state index in [4.69, 9.17) is 0 Å². The van der Waals surface area contributed by atoms with E-state index in [9.17, 15) is 0 Å². The first kappa shape index (κ1) is 11.6. The summed E-state index contributed by atoms with van der Waals surface area (Å²) >= 11 is 3.36. The van der Waals surface area contributed by atoms with Crippen molar-refractivity contribution < 1.29 is 0 Å². The molecule has 18 heavy (non-hydrogen) atoms. The van der Waals surface area contributed by atoms with Gasteiger partial charge in [0.1, 0.15) is 0 Å². The van der Waals surface area contributed by atoms with Gasteiger partial charge in [-0.25, -0.2) is 15.0 Å². The minimum absolute atomic E-state index is 0.466. The van der Waals surface area contributed by atoms with Gasteiger partial charge < -0.3 is 9.47 Å². The molecule has 94 valence electrons. The van der Waals surface area contributed by atoms with Crippen LogP contribution in [-0.2, 0) is 0 Å². The molecule has 3 heterocycles. The van der Waals surface area contributed by atoms with Gasteiger partial charge in [0.2, 0.25) is 5.95 Å². The van der Waals surface area contributed by atoms with Crippen LogP contribution in [0.25, 0.3) is 0 Å². The summed E-state index contributed by atoms with van der Waals surface area (Å²) in [6, 6.07) is 0.466. The molecule has 0 amide bonds. The molecule has 3 rings (SSSR count). The number of halogens is 1. The Morgan fingerprint density at radius 2 is 2.11 bits per heavy atom. The highest BCUT2D eigenvalue weighted by atomic mass is 79.9. The SMILES string of the molecule is Brc1cnc(N2CCCC(n3ccnc3)C2)nc1. The normalized spacial score (nSPS) is 20.1. The number of anilines is 1. The monoisotopic (exact) mass is 307 g/mol. The summed E-state index contributed by atoms with van der Waals surface area (Å²) in [5.41, 5.74) is 0. The number of nitrogens with zero attached hydrogens (tertiary/aromatic N) is 5. The lowest BCUT2D eigenvalue weighted by Gasteiger charge is -2.33. The molecule has 5 nitrogen and oxygen atoms in total. The molecule has 0 bridgehead atoms. The standard InChI is InChI=1S/C12H14BrN5/c13-10-6-15-12(16-7-10)17-4-1-2-11(8-17)18-5-3-14-9-18/h3,5-7,9,11H,1-2,4,8H2. The lowest BCUT2D eigenvalue weighted by atomic mass is 10.1. The molecule has 2 aromatic heterocycles. The number of rotatable bonds is 2. The molecule has 1 aliphatic heterocycles. The predicted octanol–water partition coefficient (Wildman–Crippen LogP) is 2.28. The van der Waals surface area contributed by atoms with Gasteiger partial charge in [-0.3, -0.25) is 0 Å². The molecule has 1 saturated heterocycles. The fraction of sp³-hybridized carbons (Fsp3) is 0.417. The van der Waals surface area contributed by atoms with Gasteiger partial charge in [0, 0.05) is 37.9 Å². The van der Waals surface area contributed by atoms with E-state index in [0.29, 0.717) is 6.04 Å². The first-order valence-electron chi connectivity index (χ1n) is 6.03.